The van der Waals surface area contributed by atoms with Gasteiger partial charge in [-0.05, 0) is 38.5 Å². The third kappa shape index (κ3) is 5.60. The summed E-state index contributed by atoms with van der Waals surface area (Å²) in [6.45, 7) is -0.111. The van der Waals surface area contributed by atoms with Gasteiger partial charge >= 0.3 is 0 Å². The van der Waals surface area contributed by atoms with Crippen LogP contribution >= 0.6 is 0 Å². The Morgan fingerprint density at radius 2 is 2.00 bits per heavy atom. The Balaban J connectivity index is 2.27. The second-order valence-electron chi connectivity index (χ2n) is 5.03. The summed E-state index contributed by atoms with van der Waals surface area (Å²) in [5, 5.41) is 37.4. The minimum absolute atomic E-state index is 0.111. The van der Waals surface area contributed by atoms with Crippen LogP contribution in [0.2, 0.25) is 0 Å². The summed E-state index contributed by atoms with van der Waals surface area (Å²) >= 11 is 0. The zero-order valence-corrected chi connectivity index (χ0v) is 10.6. The predicted octanol–water partition coefficient (Wildman–Crippen LogP) is -0.914. The van der Waals surface area contributed by atoms with Gasteiger partial charge in [-0.2, -0.15) is 0 Å². The van der Waals surface area contributed by atoms with Crippen LogP contribution in [0.3, 0.4) is 0 Å². The summed E-state index contributed by atoms with van der Waals surface area (Å²) in [4.78, 5) is 0. The van der Waals surface area contributed by atoms with E-state index in [1.165, 1.54) is 0 Å². The number of rotatable bonds is 7. The highest BCUT2D eigenvalue weighted by molar-refractivity contribution is 4.76. The number of aliphatic hydroxyl groups is 4. The number of nitrogens with two attached hydrogens (primary N) is 1. The largest absolute Gasteiger partial charge is 0.396 e. The van der Waals surface area contributed by atoms with Crippen LogP contribution in [0.5, 0.6) is 0 Å². The summed E-state index contributed by atoms with van der Waals surface area (Å²) in [5.74, 6) is 0. The zero-order chi connectivity index (χ0) is 13.5. The molecule has 0 aromatic carbocycles. The topological polar surface area (TPSA) is 116 Å². The van der Waals surface area contributed by atoms with Gasteiger partial charge in [-0.25, -0.2) is 0 Å². The number of aliphatic hydroxyl groups excluding tert-OH is 4. The maximum Gasteiger partial charge on any atom is 0.170 e. The van der Waals surface area contributed by atoms with Gasteiger partial charge in [0.25, 0.3) is 0 Å². The van der Waals surface area contributed by atoms with Crippen molar-refractivity contribution in [2.45, 2.75) is 69.2 Å². The Hall–Kier alpha value is -0.240. The van der Waals surface area contributed by atoms with E-state index >= 15 is 0 Å². The first kappa shape index (κ1) is 15.8. The maximum atomic E-state index is 9.77. The molecule has 0 saturated heterocycles. The highest BCUT2D eigenvalue weighted by Crippen LogP contribution is 2.22. The molecule has 0 aliphatic heterocycles. The quantitative estimate of drug-likeness (QED) is 0.380. The van der Waals surface area contributed by atoms with E-state index in [2.05, 4.69) is 0 Å². The Bertz CT molecular complexity index is 229. The standard InChI is InChI=1S/C12H25NO5/c13-11(7-9(16)4-5-14)12(17)18-10-3-1-2-8(15)6-10/h8-12,14-17H,1-7,13H2/t8-,9+,10+,11+,12+/m0/s1. The third-order valence-corrected chi connectivity index (χ3v) is 3.30. The molecule has 0 heterocycles. The minimum atomic E-state index is -1.14. The highest BCUT2D eigenvalue weighted by atomic mass is 16.6. The van der Waals surface area contributed by atoms with Crippen molar-refractivity contribution in [3.8, 4) is 0 Å². The van der Waals surface area contributed by atoms with Crippen molar-refractivity contribution in [1.29, 1.82) is 0 Å². The molecular formula is C12H25NO5. The van der Waals surface area contributed by atoms with E-state index in [-0.39, 0.29) is 31.7 Å². The van der Waals surface area contributed by atoms with Gasteiger partial charge in [0.1, 0.15) is 0 Å². The van der Waals surface area contributed by atoms with E-state index in [0.717, 1.165) is 19.3 Å². The van der Waals surface area contributed by atoms with Gasteiger partial charge in [0, 0.05) is 6.61 Å². The van der Waals surface area contributed by atoms with Gasteiger partial charge in [-0.15, -0.1) is 0 Å². The summed E-state index contributed by atoms with van der Waals surface area (Å²) in [7, 11) is 0. The molecule has 1 fully saturated rings. The van der Waals surface area contributed by atoms with E-state index in [0.29, 0.717) is 6.42 Å². The average molecular weight is 263 g/mol. The van der Waals surface area contributed by atoms with E-state index < -0.39 is 18.4 Å². The van der Waals surface area contributed by atoms with Crippen LogP contribution < -0.4 is 5.73 Å². The zero-order valence-electron chi connectivity index (χ0n) is 10.6. The molecule has 108 valence electrons. The van der Waals surface area contributed by atoms with Crippen LogP contribution in [0.1, 0.15) is 38.5 Å². The molecule has 6 nitrogen and oxygen atoms in total. The predicted molar refractivity (Wildman–Crippen MR) is 65.7 cm³/mol. The molecule has 1 saturated carbocycles. The van der Waals surface area contributed by atoms with Gasteiger partial charge in [-0.3, -0.25) is 0 Å². The average Bonchev–Trinajstić information content (AvgIpc) is 2.29. The van der Waals surface area contributed by atoms with Crippen molar-refractivity contribution in [2.75, 3.05) is 6.61 Å². The molecule has 1 aliphatic carbocycles. The normalized spacial score (nSPS) is 29.8. The lowest BCUT2D eigenvalue weighted by Gasteiger charge is -2.30. The molecule has 1 aliphatic rings. The van der Waals surface area contributed by atoms with Crippen LogP contribution in [-0.4, -0.2) is 57.7 Å². The molecular weight excluding hydrogens is 238 g/mol. The molecule has 18 heavy (non-hydrogen) atoms. The Morgan fingerprint density at radius 3 is 2.61 bits per heavy atom. The van der Waals surface area contributed by atoms with Crippen molar-refractivity contribution < 1.29 is 25.2 Å². The van der Waals surface area contributed by atoms with E-state index in [4.69, 9.17) is 15.6 Å². The van der Waals surface area contributed by atoms with Crippen LogP contribution in [0.25, 0.3) is 0 Å². The second-order valence-corrected chi connectivity index (χ2v) is 5.03. The molecule has 0 amide bonds. The first-order valence-electron chi connectivity index (χ1n) is 6.59. The molecule has 1 rings (SSSR count). The van der Waals surface area contributed by atoms with Crippen LogP contribution in [-0.2, 0) is 4.74 Å². The fourth-order valence-electron chi connectivity index (χ4n) is 2.24. The fourth-order valence-corrected chi connectivity index (χ4v) is 2.24. The first-order valence-corrected chi connectivity index (χ1v) is 6.59. The van der Waals surface area contributed by atoms with Crippen molar-refractivity contribution in [3.63, 3.8) is 0 Å². The molecule has 0 aromatic heterocycles. The van der Waals surface area contributed by atoms with Crippen molar-refractivity contribution in [1.82, 2.24) is 0 Å². The molecule has 0 spiro atoms. The summed E-state index contributed by atoms with van der Waals surface area (Å²) in [6.07, 6.45) is 0.964. The van der Waals surface area contributed by atoms with E-state index in [1.54, 1.807) is 0 Å². The smallest absolute Gasteiger partial charge is 0.170 e. The lowest BCUT2D eigenvalue weighted by Crippen LogP contribution is -2.42. The van der Waals surface area contributed by atoms with Crippen molar-refractivity contribution >= 4 is 0 Å². The summed E-state index contributed by atoms with van der Waals surface area (Å²) in [5.41, 5.74) is 5.72. The molecule has 0 unspecified atom stereocenters. The SMILES string of the molecule is N[C@H](C[C@H](O)CCO)[C@H](O)O[C@@H]1CCC[C@H](O)C1. The number of hydrogen-bond donors (Lipinski definition) is 5. The van der Waals surface area contributed by atoms with Crippen molar-refractivity contribution in [3.05, 3.63) is 0 Å². The second kappa shape index (κ2) is 8.04. The highest BCUT2D eigenvalue weighted by Gasteiger charge is 2.26. The lowest BCUT2D eigenvalue weighted by atomic mass is 9.95. The molecule has 0 radical (unpaired) electrons. The monoisotopic (exact) mass is 263 g/mol. The minimum Gasteiger partial charge on any atom is -0.396 e. The molecule has 6 heteroatoms. The van der Waals surface area contributed by atoms with Gasteiger partial charge in [0.2, 0.25) is 0 Å². The van der Waals surface area contributed by atoms with Crippen LogP contribution in [0, 0.1) is 0 Å². The molecule has 0 bridgehead atoms. The van der Waals surface area contributed by atoms with Gasteiger partial charge in [0.05, 0.1) is 24.4 Å². The fraction of sp³-hybridized carbons (Fsp3) is 1.00. The molecule has 6 N–H and O–H groups in total. The summed E-state index contributed by atoms with van der Waals surface area (Å²) in [6, 6.07) is -0.689. The Labute approximate surface area is 107 Å². The Morgan fingerprint density at radius 1 is 1.28 bits per heavy atom. The summed E-state index contributed by atoms with van der Waals surface area (Å²) < 4.78 is 5.40. The van der Waals surface area contributed by atoms with E-state index in [1.807, 2.05) is 0 Å². The van der Waals surface area contributed by atoms with Gasteiger partial charge < -0.3 is 30.9 Å². The van der Waals surface area contributed by atoms with Gasteiger partial charge in [0.15, 0.2) is 6.29 Å². The lowest BCUT2D eigenvalue weighted by molar-refractivity contribution is -0.166. The third-order valence-electron chi connectivity index (χ3n) is 3.30. The number of ether oxygens (including phenoxy) is 1. The number of hydrogen-bond acceptors (Lipinski definition) is 6. The molecule has 5 atom stereocenters. The molecule has 0 aromatic rings. The van der Waals surface area contributed by atoms with Crippen LogP contribution in [0.15, 0.2) is 0 Å². The van der Waals surface area contributed by atoms with Gasteiger partial charge in [-0.1, -0.05) is 0 Å². The van der Waals surface area contributed by atoms with E-state index in [9.17, 15) is 15.3 Å². The maximum absolute atomic E-state index is 9.77. The first-order chi connectivity index (χ1) is 8.52. The Kier molecular flexibility index (Phi) is 7.06. The van der Waals surface area contributed by atoms with Crippen molar-refractivity contribution in [2.24, 2.45) is 5.73 Å². The van der Waals surface area contributed by atoms with Crippen LogP contribution in [0.4, 0.5) is 0 Å².